The van der Waals surface area contributed by atoms with Crippen LogP contribution in [0.15, 0.2) is 29.2 Å². The number of rotatable bonds is 7. The van der Waals surface area contributed by atoms with Gasteiger partial charge in [0.2, 0.25) is 5.91 Å². The van der Waals surface area contributed by atoms with Gasteiger partial charge in [0.25, 0.3) is 0 Å². The van der Waals surface area contributed by atoms with Gasteiger partial charge in [-0.05, 0) is 24.7 Å². The molecule has 0 bridgehead atoms. The Hall–Kier alpha value is -1.40. The number of nitrogens with zero attached hydrogens (tertiary/aromatic N) is 1. The zero-order chi connectivity index (χ0) is 15.2. The second-order valence-electron chi connectivity index (χ2n) is 4.69. The van der Waals surface area contributed by atoms with Gasteiger partial charge in [-0.3, -0.25) is 9.69 Å². The van der Waals surface area contributed by atoms with Crippen molar-refractivity contribution in [2.45, 2.75) is 25.3 Å². The van der Waals surface area contributed by atoms with Crippen LogP contribution in [0.25, 0.3) is 0 Å². The maximum Gasteiger partial charge on any atom is 0.234 e. The van der Waals surface area contributed by atoms with E-state index in [0.717, 1.165) is 18.7 Å². The van der Waals surface area contributed by atoms with Crippen LogP contribution < -0.4 is 5.32 Å². The Labute approximate surface area is 121 Å². The molecule has 0 aliphatic carbocycles. The molecule has 0 radical (unpaired) electrons. The summed E-state index contributed by atoms with van der Waals surface area (Å²) in [5, 5.41) is 2.82. The Morgan fingerprint density at radius 3 is 2.45 bits per heavy atom. The fourth-order valence-corrected chi connectivity index (χ4v) is 2.91. The van der Waals surface area contributed by atoms with Gasteiger partial charge in [-0.25, -0.2) is 8.99 Å². The summed E-state index contributed by atoms with van der Waals surface area (Å²) in [4.78, 5) is 14.3. The molecule has 0 spiro atoms. The highest BCUT2D eigenvalue weighted by molar-refractivity contribution is 7.91. The van der Waals surface area contributed by atoms with Crippen molar-refractivity contribution in [1.82, 2.24) is 10.2 Å². The summed E-state index contributed by atoms with van der Waals surface area (Å²) in [5.74, 6) is -0.0592. The molecule has 2 N–H and O–H groups in total. The van der Waals surface area contributed by atoms with Crippen molar-refractivity contribution in [1.29, 1.82) is 4.78 Å². The molecule has 0 aliphatic heterocycles. The topological polar surface area (TPSA) is 73.3 Å². The van der Waals surface area contributed by atoms with E-state index in [1.165, 1.54) is 6.26 Å². The van der Waals surface area contributed by atoms with E-state index < -0.39 is 9.73 Å². The molecule has 5 nitrogen and oxygen atoms in total. The van der Waals surface area contributed by atoms with Crippen molar-refractivity contribution in [3.63, 3.8) is 0 Å². The number of amides is 1. The third-order valence-corrected chi connectivity index (χ3v) is 4.37. The summed E-state index contributed by atoms with van der Waals surface area (Å²) in [6, 6.07) is 7.06. The highest BCUT2D eigenvalue weighted by atomic mass is 32.2. The van der Waals surface area contributed by atoms with Crippen LogP contribution in [0, 0.1) is 4.78 Å². The summed E-state index contributed by atoms with van der Waals surface area (Å²) < 4.78 is 19.5. The molecule has 0 heterocycles. The van der Waals surface area contributed by atoms with Crippen LogP contribution in [0.3, 0.4) is 0 Å². The Morgan fingerprint density at radius 2 is 1.90 bits per heavy atom. The van der Waals surface area contributed by atoms with Gasteiger partial charge in [0.1, 0.15) is 0 Å². The quantitative estimate of drug-likeness (QED) is 0.804. The lowest BCUT2D eigenvalue weighted by Gasteiger charge is -2.17. The van der Waals surface area contributed by atoms with Crippen molar-refractivity contribution < 1.29 is 9.00 Å². The molecule has 1 rings (SSSR count). The fourth-order valence-electron chi connectivity index (χ4n) is 1.93. The van der Waals surface area contributed by atoms with Crippen molar-refractivity contribution in [3.8, 4) is 0 Å². The van der Waals surface area contributed by atoms with Crippen molar-refractivity contribution in [2.24, 2.45) is 0 Å². The minimum atomic E-state index is -2.78. The monoisotopic (exact) mass is 297 g/mol. The van der Waals surface area contributed by atoms with Crippen LogP contribution in [0.4, 0.5) is 0 Å². The number of nitrogens with one attached hydrogen (secondary N) is 2. The SMILES string of the molecule is CCN(CC)CC(=O)NCc1ccccc1S(C)(=N)=O. The summed E-state index contributed by atoms with van der Waals surface area (Å²) in [5.41, 5.74) is 0.739. The summed E-state index contributed by atoms with van der Waals surface area (Å²) in [7, 11) is -2.78. The highest BCUT2D eigenvalue weighted by Gasteiger charge is 2.11. The summed E-state index contributed by atoms with van der Waals surface area (Å²) >= 11 is 0. The molecule has 6 heteroatoms. The predicted octanol–water partition coefficient (Wildman–Crippen LogP) is 1.68. The van der Waals surface area contributed by atoms with Gasteiger partial charge < -0.3 is 5.32 Å². The lowest BCUT2D eigenvalue weighted by atomic mass is 10.2. The maximum absolute atomic E-state index is 11.9. The maximum atomic E-state index is 11.9. The summed E-state index contributed by atoms with van der Waals surface area (Å²) in [6.45, 7) is 6.35. The zero-order valence-electron chi connectivity index (χ0n) is 12.3. The van der Waals surface area contributed by atoms with Gasteiger partial charge in [-0.2, -0.15) is 0 Å². The number of carbonyl (C=O) groups excluding carboxylic acids is 1. The second-order valence-corrected chi connectivity index (χ2v) is 6.82. The molecule has 1 aromatic rings. The first kappa shape index (κ1) is 16.7. The van der Waals surface area contributed by atoms with Gasteiger partial charge in [-0.15, -0.1) is 0 Å². The van der Waals surface area contributed by atoms with E-state index in [-0.39, 0.29) is 5.91 Å². The number of carbonyl (C=O) groups is 1. The minimum absolute atomic E-state index is 0.0592. The third kappa shape index (κ3) is 4.94. The Balaban J connectivity index is 2.69. The molecule has 1 aromatic carbocycles. The van der Waals surface area contributed by atoms with Crippen LogP contribution in [0.1, 0.15) is 19.4 Å². The largest absolute Gasteiger partial charge is 0.351 e. The molecule has 20 heavy (non-hydrogen) atoms. The average Bonchev–Trinajstić information content (AvgIpc) is 2.41. The number of hydrogen-bond donors (Lipinski definition) is 2. The molecular weight excluding hydrogens is 274 g/mol. The van der Waals surface area contributed by atoms with E-state index in [1.54, 1.807) is 18.2 Å². The van der Waals surface area contributed by atoms with Gasteiger partial charge in [0.15, 0.2) is 0 Å². The van der Waals surface area contributed by atoms with E-state index in [9.17, 15) is 9.00 Å². The number of benzene rings is 1. The average molecular weight is 297 g/mol. The van der Waals surface area contributed by atoms with Crippen molar-refractivity contribution >= 4 is 15.6 Å². The minimum Gasteiger partial charge on any atom is -0.351 e. The van der Waals surface area contributed by atoms with Crippen LogP contribution in [0.5, 0.6) is 0 Å². The molecular formula is C14H23N3O2S. The second kappa shape index (κ2) is 7.40. The van der Waals surface area contributed by atoms with E-state index in [2.05, 4.69) is 5.32 Å². The first-order valence-electron chi connectivity index (χ1n) is 6.69. The first-order chi connectivity index (χ1) is 9.38. The molecule has 1 atom stereocenters. The van der Waals surface area contributed by atoms with Gasteiger partial charge in [0, 0.05) is 12.8 Å². The van der Waals surface area contributed by atoms with Crippen molar-refractivity contribution in [2.75, 3.05) is 25.9 Å². The lowest BCUT2D eigenvalue weighted by molar-refractivity contribution is -0.122. The molecule has 112 valence electrons. The number of hydrogen-bond acceptors (Lipinski definition) is 4. The molecule has 1 amide bonds. The molecule has 0 saturated carbocycles. The standard InChI is InChI=1S/C14H23N3O2S/c1-4-17(5-2)11-14(18)16-10-12-8-6-7-9-13(12)20(3,15)19/h6-9,15H,4-5,10-11H2,1-3H3,(H,16,18). The third-order valence-electron chi connectivity index (χ3n) is 3.13. The predicted molar refractivity (Wildman–Crippen MR) is 81.1 cm³/mol. The molecule has 0 saturated heterocycles. The van der Waals surface area contributed by atoms with Gasteiger partial charge >= 0.3 is 0 Å². The van der Waals surface area contributed by atoms with E-state index in [4.69, 9.17) is 4.78 Å². The van der Waals surface area contributed by atoms with Gasteiger partial charge in [-0.1, -0.05) is 32.0 Å². The van der Waals surface area contributed by atoms with Gasteiger partial charge in [0.05, 0.1) is 21.2 Å². The van der Waals surface area contributed by atoms with E-state index >= 15 is 0 Å². The van der Waals surface area contributed by atoms with E-state index in [0.29, 0.717) is 18.0 Å². The highest BCUT2D eigenvalue weighted by Crippen LogP contribution is 2.15. The molecule has 0 aliphatic rings. The van der Waals surface area contributed by atoms with Crippen LogP contribution in [-0.4, -0.2) is 40.9 Å². The lowest BCUT2D eigenvalue weighted by Crippen LogP contribution is -2.36. The normalized spacial score (nSPS) is 14.0. The fraction of sp³-hybridized carbons (Fsp3) is 0.500. The Bertz CT molecular complexity index is 551. The van der Waals surface area contributed by atoms with Crippen LogP contribution in [-0.2, 0) is 21.1 Å². The van der Waals surface area contributed by atoms with Crippen molar-refractivity contribution in [3.05, 3.63) is 29.8 Å². The Kier molecular flexibility index (Phi) is 6.16. The Morgan fingerprint density at radius 1 is 1.30 bits per heavy atom. The number of likely N-dealkylation sites (N-methyl/N-ethyl adjacent to an activating group) is 1. The van der Waals surface area contributed by atoms with Crippen LogP contribution in [0.2, 0.25) is 0 Å². The first-order valence-corrected chi connectivity index (χ1v) is 8.65. The van der Waals surface area contributed by atoms with Crippen LogP contribution >= 0.6 is 0 Å². The molecule has 0 fully saturated rings. The smallest absolute Gasteiger partial charge is 0.234 e. The zero-order valence-corrected chi connectivity index (χ0v) is 13.1. The summed E-state index contributed by atoms with van der Waals surface area (Å²) in [6.07, 6.45) is 1.39. The molecule has 1 unspecified atom stereocenters. The molecule has 0 aromatic heterocycles. The van der Waals surface area contributed by atoms with E-state index in [1.807, 2.05) is 24.8 Å².